The van der Waals surface area contributed by atoms with Gasteiger partial charge in [0.1, 0.15) is 10.8 Å². The van der Waals surface area contributed by atoms with Gasteiger partial charge in [-0.25, -0.2) is 4.79 Å². The predicted octanol–water partition coefficient (Wildman–Crippen LogP) is 3.96. The summed E-state index contributed by atoms with van der Waals surface area (Å²) in [6.45, 7) is 8.46. The number of hydrogen-bond acceptors (Lipinski definition) is 6. The number of carbonyl (C=O) groups excluding carboxylic acids is 3. The lowest BCUT2D eigenvalue weighted by atomic mass is 10.1. The monoisotopic (exact) mass is 404 g/mol. The van der Waals surface area contributed by atoms with E-state index in [9.17, 15) is 14.4 Å². The third-order valence-electron chi connectivity index (χ3n) is 4.05. The summed E-state index contributed by atoms with van der Waals surface area (Å²) >= 11 is 1.08. The smallest absolute Gasteiger partial charge is 0.341 e. The third-order valence-corrected chi connectivity index (χ3v) is 5.25. The molecule has 28 heavy (non-hydrogen) atoms. The van der Waals surface area contributed by atoms with Crippen LogP contribution in [0.25, 0.3) is 6.08 Å². The summed E-state index contributed by atoms with van der Waals surface area (Å²) in [5, 5.41) is 2.98. The van der Waals surface area contributed by atoms with E-state index in [1.165, 1.54) is 18.4 Å². The first kappa shape index (κ1) is 21.4. The van der Waals surface area contributed by atoms with Crippen LogP contribution < -0.4 is 5.32 Å². The van der Waals surface area contributed by atoms with Gasteiger partial charge in [0.15, 0.2) is 0 Å². The minimum absolute atomic E-state index is 0.176. The quantitative estimate of drug-likeness (QED) is 0.531. The number of hydrogen-bond donors (Lipinski definition) is 1. The molecule has 150 valence electrons. The van der Waals surface area contributed by atoms with Gasteiger partial charge in [0.25, 0.3) is 5.91 Å². The van der Waals surface area contributed by atoms with Crippen LogP contribution in [0.5, 0.6) is 0 Å². The zero-order valence-electron chi connectivity index (χ0n) is 16.4. The van der Waals surface area contributed by atoms with E-state index in [2.05, 4.69) is 5.32 Å². The Hall–Kier alpha value is -2.87. The molecular formula is C20H24N2O5S. The molecular weight excluding hydrogens is 380 g/mol. The normalized spacial score (nSPS) is 10.9. The summed E-state index contributed by atoms with van der Waals surface area (Å²) in [5.41, 5.74) is 0.716. The van der Waals surface area contributed by atoms with Crippen LogP contribution >= 0.6 is 11.3 Å². The van der Waals surface area contributed by atoms with Gasteiger partial charge in [-0.3, -0.25) is 9.59 Å². The minimum Gasteiger partial charge on any atom is -0.465 e. The molecule has 0 aliphatic carbocycles. The molecule has 0 aromatic carbocycles. The molecule has 0 unspecified atom stereocenters. The van der Waals surface area contributed by atoms with Crippen LogP contribution in [-0.4, -0.2) is 42.4 Å². The van der Waals surface area contributed by atoms with Crippen molar-refractivity contribution in [3.8, 4) is 0 Å². The number of esters is 1. The molecule has 0 fully saturated rings. The van der Waals surface area contributed by atoms with Gasteiger partial charge in [-0.2, -0.15) is 0 Å². The second-order valence-corrected chi connectivity index (χ2v) is 6.82. The van der Waals surface area contributed by atoms with Crippen molar-refractivity contribution in [3.63, 3.8) is 0 Å². The molecule has 2 aromatic rings. The molecule has 0 atom stereocenters. The molecule has 0 saturated heterocycles. The fourth-order valence-corrected chi connectivity index (χ4v) is 3.77. The van der Waals surface area contributed by atoms with Crippen LogP contribution in [0.4, 0.5) is 5.00 Å². The van der Waals surface area contributed by atoms with Gasteiger partial charge in [0, 0.05) is 19.2 Å². The number of nitrogens with zero attached hydrogens (tertiary/aromatic N) is 1. The van der Waals surface area contributed by atoms with E-state index in [1.54, 1.807) is 30.9 Å². The van der Waals surface area contributed by atoms with Crippen LogP contribution in [0.3, 0.4) is 0 Å². The van der Waals surface area contributed by atoms with Gasteiger partial charge in [0.05, 0.1) is 23.3 Å². The van der Waals surface area contributed by atoms with Crippen molar-refractivity contribution < 1.29 is 23.5 Å². The van der Waals surface area contributed by atoms with Crippen molar-refractivity contribution in [3.05, 3.63) is 46.2 Å². The summed E-state index contributed by atoms with van der Waals surface area (Å²) in [6, 6.07) is 3.42. The summed E-state index contributed by atoms with van der Waals surface area (Å²) in [6.07, 6.45) is 4.32. The first-order valence-corrected chi connectivity index (χ1v) is 9.86. The molecule has 7 nitrogen and oxygen atoms in total. The maximum atomic E-state index is 12.8. The average Bonchev–Trinajstić information content (AvgIpc) is 3.29. The number of anilines is 1. The highest BCUT2D eigenvalue weighted by Crippen LogP contribution is 2.34. The van der Waals surface area contributed by atoms with E-state index in [0.29, 0.717) is 34.3 Å². The highest BCUT2D eigenvalue weighted by Gasteiger charge is 2.27. The van der Waals surface area contributed by atoms with Crippen molar-refractivity contribution >= 4 is 40.2 Å². The highest BCUT2D eigenvalue weighted by molar-refractivity contribution is 7.18. The standard InChI is InChI=1S/C20H24N2O5S/c1-5-22(6-2)19(24)17-13(4)16(20(25)26-7-3)18(28-17)21-15(23)11-10-14-9-8-12-27-14/h8-12H,5-7H2,1-4H3,(H,21,23)/b11-10+. The molecule has 0 bridgehead atoms. The minimum atomic E-state index is -0.569. The van der Waals surface area contributed by atoms with Crippen LogP contribution in [0, 0.1) is 6.92 Å². The number of thiophene rings is 1. The summed E-state index contributed by atoms with van der Waals surface area (Å²) in [4.78, 5) is 39.6. The molecule has 2 amide bonds. The van der Waals surface area contributed by atoms with Gasteiger partial charge in [0.2, 0.25) is 5.91 Å². The lowest BCUT2D eigenvalue weighted by Crippen LogP contribution is -2.30. The average molecular weight is 404 g/mol. The van der Waals surface area contributed by atoms with Crippen molar-refractivity contribution in [2.24, 2.45) is 0 Å². The molecule has 2 aromatic heterocycles. The van der Waals surface area contributed by atoms with Crippen molar-refractivity contribution in [1.82, 2.24) is 4.90 Å². The molecule has 0 spiro atoms. The van der Waals surface area contributed by atoms with E-state index in [1.807, 2.05) is 13.8 Å². The molecule has 1 N–H and O–H groups in total. The molecule has 0 aliphatic heterocycles. The lowest BCUT2D eigenvalue weighted by Gasteiger charge is -2.18. The van der Waals surface area contributed by atoms with Gasteiger partial charge in [-0.15, -0.1) is 11.3 Å². The van der Waals surface area contributed by atoms with Crippen molar-refractivity contribution in [1.29, 1.82) is 0 Å². The van der Waals surface area contributed by atoms with E-state index < -0.39 is 11.9 Å². The summed E-state index contributed by atoms with van der Waals surface area (Å²) < 4.78 is 10.3. The van der Waals surface area contributed by atoms with Gasteiger partial charge >= 0.3 is 5.97 Å². The molecule has 8 heteroatoms. The summed E-state index contributed by atoms with van der Waals surface area (Å²) in [5.74, 6) is -0.657. The van der Waals surface area contributed by atoms with E-state index in [0.717, 1.165) is 11.3 Å². The fraction of sp³-hybridized carbons (Fsp3) is 0.350. The van der Waals surface area contributed by atoms with Crippen LogP contribution in [0.15, 0.2) is 28.9 Å². The van der Waals surface area contributed by atoms with Crippen LogP contribution in [-0.2, 0) is 9.53 Å². The second-order valence-electron chi connectivity index (χ2n) is 5.80. The Morgan fingerprint density at radius 1 is 1.25 bits per heavy atom. The Balaban J connectivity index is 2.35. The SMILES string of the molecule is CCOC(=O)c1c(NC(=O)/C=C/c2ccco2)sc(C(=O)N(CC)CC)c1C. The lowest BCUT2D eigenvalue weighted by molar-refractivity contribution is -0.111. The number of nitrogens with one attached hydrogen (secondary N) is 1. The third kappa shape index (κ3) is 4.89. The zero-order chi connectivity index (χ0) is 20.7. The van der Waals surface area contributed by atoms with E-state index in [-0.39, 0.29) is 18.1 Å². The first-order chi connectivity index (χ1) is 13.4. The largest absolute Gasteiger partial charge is 0.465 e. The Kier molecular flexibility index (Phi) is 7.57. The van der Waals surface area contributed by atoms with Gasteiger partial charge in [-0.05, 0) is 51.5 Å². The van der Waals surface area contributed by atoms with Gasteiger partial charge < -0.3 is 19.4 Å². The number of amides is 2. The predicted molar refractivity (Wildman–Crippen MR) is 109 cm³/mol. The topological polar surface area (TPSA) is 88.8 Å². The highest BCUT2D eigenvalue weighted by atomic mass is 32.1. The number of rotatable bonds is 8. The van der Waals surface area contributed by atoms with Gasteiger partial charge in [-0.1, -0.05) is 0 Å². The zero-order valence-corrected chi connectivity index (χ0v) is 17.2. The number of ether oxygens (including phenoxy) is 1. The van der Waals surface area contributed by atoms with E-state index in [4.69, 9.17) is 9.15 Å². The molecule has 0 saturated carbocycles. The van der Waals surface area contributed by atoms with Crippen molar-refractivity contribution in [2.45, 2.75) is 27.7 Å². The maximum absolute atomic E-state index is 12.8. The second kappa shape index (κ2) is 9.89. The van der Waals surface area contributed by atoms with Crippen molar-refractivity contribution in [2.75, 3.05) is 25.0 Å². The van der Waals surface area contributed by atoms with Crippen LogP contribution in [0.1, 0.15) is 52.1 Å². The maximum Gasteiger partial charge on any atom is 0.341 e. The molecule has 0 radical (unpaired) electrons. The van der Waals surface area contributed by atoms with Crippen LogP contribution in [0.2, 0.25) is 0 Å². The Bertz CT molecular complexity index is 864. The molecule has 0 aliphatic rings. The van der Waals surface area contributed by atoms with E-state index >= 15 is 0 Å². The molecule has 2 heterocycles. The Morgan fingerprint density at radius 2 is 1.96 bits per heavy atom. The Labute approximate surface area is 168 Å². The first-order valence-electron chi connectivity index (χ1n) is 9.05. The number of carbonyl (C=O) groups is 3. The summed E-state index contributed by atoms with van der Waals surface area (Å²) in [7, 11) is 0. The fourth-order valence-electron chi connectivity index (χ4n) is 2.61. The molecule has 2 rings (SSSR count). The number of furan rings is 1. The Morgan fingerprint density at radius 3 is 2.54 bits per heavy atom.